The molecule has 1 saturated carbocycles. The molecule has 0 aliphatic heterocycles. The van der Waals surface area contributed by atoms with E-state index in [1.54, 1.807) is 13.3 Å². The largest absolute Gasteiger partial charge is 0.398 e. The minimum Gasteiger partial charge on any atom is -0.398 e. The minimum atomic E-state index is -2.25. The summed E-state index contributed by atoms with van der Waals surface area (Å²) in [4.78, 5) is 0. The lowest BCUT2D eigenvalue weighted by Gasteiger charge is -2.15. The van der Waals surface area contributed by atoms with Crippen molar-refractivity contribution in [3.63, 3.8) is 0 Å². The predicted molar refractivity (Wildman–Crippen MR) is 71.2 cm³/mol. The summed E-state index contributed by atoms with van der Waals surface area (Å²) in [5, 5.41) is 0.858. The van der Waals surface area contributed by atoms with E-state index in [2.05, 4.69) is 12.1 Å². The Morgan fingerprint density at radius 2 is 1.88 bits per heavy atom. The maximum atomic E-state index is 12.1. The Labute approximate surface area is 97.6 Å². The fourth-order valence-electron chi connectivity index (χ4n) is 2.54. The molecule has 2 rings (SSSR count). The first-order chi connectivity index (χ1) is 7.48. The van der Waals surface area contributed by atoms with Gasteiger partial charge < -0.3 is 10.3 Å². The Morgan fingerprint density at radius 1 is 1.25 bits per heavy atom. The molecule has 0 radical (unpaired) electrons. The van der Waals surface area contributed by atoms with Crippen molar-refractivity contribution >= 4 is 18.1 Å². The standard InChI is InChI=1S/C13H20NOP/c1-16(2,15)13-9-11(7-8-12(13)14)10-5-3-4-6-10/h7-10H,3-6,14H2,1-2H3. The zero-order valence-electron chi connectivity index (χ0n) is 10.1. The van der Waals surface area contributed by atoms with Gasteiger partial charge in [0.25, 0.3) is 0 Å². The summed E-state index contributed by atoms with van der Waals surface area (Å²) in [6.45, 7) is 3.58. The van der Waals surface area contributed by atoms with Crippen LogP contribution in [0.15, 0.2) is 18.2 Å². The first-order valence-electron chi connectivity index (χ1n) is 5.93. The van der Waals surface area contributed by atoms with E-state index in [-0.39, 0.29) is 0 Å². The molecule has 1 aliphatic rings. The van der Waals surface area contributed by atoms with Crippen molar-refractivity contribution in [3.8, 4) is 0 Å². The van der Waals surface area contributed by atoms with Gasteiger partial charge in [-0.15, -0.1) is 0 Å². The summed E-state index contributed by atoms with van der Waals surface area (Å²) in [5.41, 5.74) is 7.90. The van der Waals surface area contributed by atoms with Crippen molar-refractivity contribution in [2.24, 2.45) is 0 Å². The van der Waals surface area contributed by atoms with Crippen LogP contribution in [0.5, 0.6) is 0 Å². The number of hydrogen-bond donors (Lipinski definition) is 1. The normalized spacial score (nSPS) is 17.9. The third-order valence-corrected chi connectivity index (χ3v) is 5.01. The molecule has 1 aromatic rings. The van der Waals surface area contributed by atoms with E-state index >= 15 is 0 Å². The number of anilines is 1. The molecule has 0 saturated heterocycles. The molecule has 1 fully saturated rings. The van der Waals surface area contributed by atoms with E-state index in [0.29, 0.717) is 11.6 Å². The average Bonchev–Trinajstić information content (AvgIpc) is 2.69. The summed E-state index contributed by atoms with van der Waals surface area (Å²) in [5.74, 6) is 0.658. The van der Waals surface area contributed by atoms with Crippen molar-refractivity contribution in [2.75, 3.05) is 19.1 Å². The SMILES string of the molecule is CP(C)(=O)c1cc(C2CCCC2)ccc1N. The Bertz CT molecular complexity index is 430. The Balaban J connectivity index is 2.39. The van der Waals surface area contributed by atoms with Crippen molar-refractivity contribution in [3.05, 3.63) is 23.8 Å². The summed E-state index contributed by atoms with van der Waals surface area (Å²) in [6.07, 6.45) is 5.17. The Morgan fingerprint density at radius 3 is 2.44 bits per heavy atom. The van der Waals surface area contributed by atoms with Gasteiger partial charge in [0, 0.05) is 11.0 Å². The Kier molecular flexibility index (Phi) is 3.12. The molecule has 2 N–H and O–H groups in total. The molecule has 2 nitrogen and oxygen atoms in total. The van der Waals surface area contributed by atoms with Crippen LogP contribution in [0.1, 0.15) is 37.2 Å². The molecule has 1 aliphatic carbocycles. The predicted octanol–water partition coefficient (Wildman–Crippen LogP) is 3.17. The van der Waals surface area contributed by atoms with Crippen LogP contribution in [0, 0.1) is 0 Å². The van der Waals surface area contributed by atoms with Gasteiger partial charge >= 0.3 is 0 Å². The van der Waals surface area contributed by atoms with Crippen LogP contribution in [-0.2, 0) is 4.57 Å². The molecule has 0 heterocycles. The summed E-state index contributed by atoms with van der Waals surface area (Å²) >= 11 is 0. The second-order valence-electron chi connectivity index (χ2n) is 5.15. The summed E-state index contributed by atoms with van der Waals surface area (Å²) < 4.78 is 12.1. The quantitative estimate of drug-likeness (QED) is 0.634. The molecule has 88 valence electrons. The second kappa shape index (κ2) is 4.25. The molecule has 1 aromatic carbocycles. The molecule has 16 heavy (non-hydrogen) atoms. The van der Waals surface area contributed by atoms with Crippen LogP contribution in [0.25, 0.3) is 0 Å². The maximum Gasteiger partial charge on any atom is 0.111 e. The van der Waals surface area contributed by atoms with Crippen LogP contribution < -0.4 is 11.0 Å². The van der Waals surface area contributed by atoms with E-state index in [4.69, 9.17) is 5.73 Å². The monoisotopic (exact) mass is 237 g/mol. The Hall–Kier alpha value is -0.750. The molecule has 0 unspecified atom stereocenters. The second-order valence-corrected chi connectivity index (χ2v) is 8.33. The zero-order valence-corrected chi connectivity index (χ0v) is 11.0. The van der Waals surface area contributed by atoms with Crippen LogP contribution in [0.4, 0.5) is 5.69 Å². The van der Waals surface area contributed by atoms with Gasteiger partial charge in [0.2, 0.25) is 0 Å². The van der Waals surface area contributed by atoms with E-state index < -0.39 is 7.14 Å². The van der Waals surface area contributed by atoms with Gasteiger partial charge in [0.1, 0.15) is 7.14 Å². The van der Waals surface area contributed by atoms with Crippen LogP contribution in [0.3, 0.4) is 0 Å². The van der Waals surface area contributed by atoms with Crippen LogP contribution in [-0.4, -0.2) is 13.3 Å². The molecule has 0 amide bonds. The fourth-order valence-corrected chi connectivity index (χ4v) is 3.70. The zero-order chi connectivity index (χ0) is 11.8. The van der Waals surface area contributed by atoms with Gasteiger partial charge in [-0.3, -0.25) is 0 Å². The molecule has 0 spiro atoms. The average molecular weight is 237 g/mol. The highest BCUT2D eigenvalue weighted by molar-refractivity contribution is 7.70. The number of nitrogens with two attached hydrogens (primary N) is 1. The van der Waals surface area contributed by atoms with Crippen molar-refractivity contribution in [1.82, 2.24) is 0 Å². The smallest absolute Gasteiger partial charge is 0.111 e. The van der Waals surface area contributed by atoms with Gasteiger partial charge in [0.05, 0.1) is 0 Å². The highest BCUT2D eigenvalue weighted by Gasteiger charge is 2.20. The molecule has 0 aromatic heterocycles. The van der Waals surface area contributed by atoms with E-state index in [1.807, 2.05) is 6.07 Å². The van der Waals surface area contributed by atoms with Gasteiger partial charge in [-0.25, -0.2) is 0 Å². The third kappa shape index (κ3) is 2.32. The third-order valence-electron chi connectivity index (χ3n) is 3.46. The molecule has 0 atom stereocenters. The number of nitrogen functional groups attached to an aromatic ring is 1. The summed E-state index contributed by atoms with van der Waals surface area (Å²) in [7, 11) is -2.25. The lowest BCUT2D eigenvalue weighted by atomic mass is 9.98. The number of hydrogen-bond acceptors (Lipinski definition) is 2. The van der Waals surface area contributed by atoms with E-state index in [0.717, 1.165) is 5.30 Å². The van der Waals surface area contributed by atoms with Crippen LogP contribution in [0.2, 0.25) is 0 Å². The molecule has 0 bridgehead atoms. The summed E-state index contributed by atoms with van der Waals surface area (Å²) in [6, 6.07) is 6.10. The first-order valence-corrected chi connectivity index (χ1v) is 8.53. The maximum absolute atomic E-state index is 12.1. The molecular weight excluding hydrogens is 217 g/mol. The van der Waals surface area contributed by atoms with Gasteiger partial charge in [-0.1, -0.05) is 18.9 Å². The van der Waals surface area contributed by atoms with Gasteiger partial charge in [-0.05, 0) is 49.8 Å². The van der Waals surface area contributed by atoms with Crippen molar-refractivity contribution < 1.29 is 4.57 Å². The number of benzene rings is 1. The highest BCUT2D eigenvalue weighted by Crippen LogP contribution is 2.40. The van der Waals surface area contributed by atoms with Crippen molar-refractivity contribution in [1.29, 1.82) is 0 Å². The lowest BCUT2D eigenvalue weighted by Crippen LogP contribution is -2.11. The lowest BCUT2D eigenvalue weighted by molar-refractivity contribution is 0.588. The van der Waals surface area contributed by atoms with E-state index in [9.17, 15) is 4.57 Å². The van der Waals surface area contributed by atoms with Gasteiger partial charge in [-0.2, -0.15) is 0 Å². The molecular formula is C13H20NOP. The molecule has 3 heteroatoms. The van der Waals surface area contributed by atoms with Gasteiger partial charge in [0.15, 0.2) is 0 Å². The van der Waals surface area contributed by atoms with Crippen LogP contribution >= 0.6 is 7.14 Å². The van der Waals surface area contributed by atoms with Crippen molar-refractivity contribution in [2.45, 2.75) is 31.6 Å². The first kappa shape index (κ1) is 11.7. The van der Waals surface area contributed by atoms with E-state index in [1.165, 1.54) is 31.2 Å². The number of rotatable bonds is 2. The topological polar surface area (TPSA) is 43.1 Å². The minimum absolute atomic E-state index is 0.658. The highest BCUT2D eigenvalue weighted by atomic mass is 31.2. The fraction of sp³-hybridized carbons (Fsp3) is 0.538.